The quantitative estimate of drug-likeness (QED) is 0.421. The molecule has 0 bridgehead atoms. The summed E-state index contributed by atoms with van der Waals surface area (Å²) < 4.78 is 0. The maximum Gasteiger partial charge on any atom is 0.0468 e. The van der Waals surface area contributed by atoms with Crippen molar-refractivity contribution in [3.8, 4) is 11.1 Å². The van der Waals surface area contributed by atoms with Gasteiger partial charge in [0, 0.05) is 22.2 Å². The van der Waals surface area contributed by atoms with E-state index in [1.165, 1.54) is 49.3 Å². The maximum atomic E-state index is 3.75. The van der Waals surface area contributed by atoms with Crippen LogP contribution in [0, 0.1) is 0 Å². The van der Waals surface area contributed by atoms with E-state index in [1.54, 1.807) is 0 Å². The highest BCUT2D eigenvalue weighted by Crippen LogP contribution is 2.41. The number of nitrogens with one attached hydrogen (secondary N) is 1. The molecule has 1 heterocycles. The van der Waals surface area contributed by atoms with Gasteiger partial charge in [-0.2, -0.15) is 0 Å². The molecule has 1 aromatic heterocycles. The second-order valence-corrected chi connectivity index (χ2v) is 8.90. The van der Waals surface area contributed by atoms with E-state index in [-0.39, 0.29) is 5.41 Å². The molecule has 0 fully saturated rings. The number of hydrogen-bond acceptors (Lipinski definition) is 0. The van der Waals surface area contributed by atoms with Crippen LogP contribution in [0.1, 0.15) is 42.9 Å². The molecule has 136 valence electrons. The highest BCUT2D eigenvalue weighted by atomic mass is 14.7. The minimum absolute atomic E-state index is 0.124. The summed E-state index contributed by atoms with van der Waals surface area (Å²) >= 11 is 0. The molecule has 0 spiro atoms. The fourth-order valence-corrected chi connectivity index (χ4v) is 5.35. The molecule has 4 aromatic rings. The summed E-state index contributed by atoms with van der Waals surface area (Å²) in [7, 11) is 0. The lowest BCUT2D eigenvalue weighted by atomic mass is 9.71. The van der Waals surface area contributed by atoms with Crippen molar-refractivity contribution in [2.24, 2.45) is 0 Å². The Balaban J connectivity index is 1.62. The minimum atomic E-state index is 0.124. The van der Waals surface area contributed by atoms with E-state index in [0.717, 1.165) is 6.42 Å². The molecule has 0 saturated heterocycles. The summed E-state index contributed by atoms with van der Waals surface area (Å²) in [6, 6.07) is 24.4. The van der Waals surface area contributed by atoms with Gasteiger partial charge in [0.25, 0.3) is 0 Å². The molecule has 0 saturated carbocycles. The zero-order chi connectivity index (χ0) is 18.9. The molecule has 6 rings (SSSR count). The Hall–Kier alpha value is -3.06. The van der Waals surface area contributed by atoms with Crippen LogP contribution in [0.4, 0.5) is 0 Å². The molecule has 2 aliphatic carbocycles. The first-order valence-electron chi connectivity index (χ1n) is 10.1. The zero-order valence-corrected chi connectivity index (χ0v) is 16.3. The van der Waals surface area contributed by atoms with Crippen LogP contribution < -0.4 is 10.6 Å². The number of H-pyrrole nitrogens is 1. The van der Waals surface area contributed by atoms with Crippen LogP contribution in [-0.2, 0) is 5.41 Å². The molecular weight excluding hydrogens is 338 g/mol. The monoisotopic (exact) mass is 361 g/mol. The van der Waals surface area contributed by atoms with Crippen LogP contribution in [0.2, 0.25) is 0 Å². The van der Waals surface area contributed by atoms with Crippen molar-refractivity contribution in [1.82, 2.24) is 4.98 Å². The molecule has 1 N–H and O–H groups in total. The standard InChI is InChI=1S/C27H23N/c1-27(2)16-20(17-8-4-3-5-9-17)14-25-26(27)23-15-22-19(13-24(23)28-25)12-18-10-6-7-11-21(18)22/h3-15,20,28H,16H2,1-2H3. The zero-order valence-electron chi connectivity index (χ0n) is 16.3. The second kappa shape index (κ2) is 5.48. The fourth-order valence-electron chi connectivity index (χ4n) is 5.35. The Labute approximate surface area is 165 Å². The average Bonchev–Trinajstić information content (AvgIpc) is 3.23. The largest absolute Gasteiger partial charge is 0.355 e. The summed E-state index contributed by atoms with van der Waals surface area (Å²) in [5.41, 5.74) is 8.31. The SMILES string of the molecule is CC1(C)CC(c2ccccc2)C=c2[nH]c3cc4c(cc3c21)-c1ccccc1C=4. The van der Waals surface area contributed by atoms with E-state index in [9.17, 15) is 0 Å². The van der Waals surface area contributed by atoms with Gasteiger partial charge in [-0.1, -0.05) is 74.5 Å². The maximum absolute atomic E-state index is 3.75. The number of aromatic amines is 1. The predicted molar refractivity (Wildman–Crippen MR) is 118 cm³/mol. The summed E-state index contributed by atoms with van der Waals surface area (Å²) in [5.74, 6) is 0.455. The van der Waals surface area contributed by atoms with Crippen molar-refractivity contribution in [3.63, 3.8) is 0 Å². The summed E-state index contributed by atoms with van der Waals surface area (Å²) in [6.07, 6.45) is 5.89. The van der Waals surface area contributed by atoms with Crippen molar-refractivity contribution in [2.45, 2.75) is 31.6 Å². The van der Waals surface area contributed by atoms with Crippen molar-refractivity contribution in [2.75, 3.05) is 0 Å². The Bertz CT molecular complexity index is 1350. The van der Waals surface area contributed by atoms with E-state index in [2.05, 4.69) is 97.7 Å². The summed E-state index contributed by atoms with van der Waals surface area (Å²) in [5, 5.41) is 4.01. The molecule has 0 radical (unpaired) electrons. The Morgan fingerprint density at radius 1 is 0.893 bits per heavy atom. The first kappa shape index (κ1) is 15.9. The van der Waals surface area contributed by atoms with Gasteiger partial charge in [-0.25, -0.2) is 0 Å². The molecular formula is C27H23N. The van der Waals surface area contributed by atoms with Gasteiger partial charge in [0.05, 0.1) is 0 Å². The van der Waals surface area contributed by atoms with Crippen LogP contribution in [0.5, 0.6) is 0 Å². The normalized spacial score (nSPS) is 18.7. The molecule has 3 aromatic carbocycles. The van der Waals surface area contributed by atoms with E-state index in [0.29, 0.717) is 5.92 Å². The summed E-state index contributed by atoms with van der Waals surface area (Å²) in [6.45, 7) is 4.80. The molecule has 1 atom stereocenters. The smallest absolute Gasteiger partial charge is 0.0468 e. The third-order valence-electron chi connectivity index (χ3n) is 6.56. The van der Waals surface area contributed by atoms with Gasteiger partial charge in [0.2, 0.25) is 0 Å². The Kier molecular flexibility index (Phi) is 3.12. The van der Waals surface area contributed by atoms with Crippen molar-refractivity contribution >= 4 is 23.1 Å². The highest BCUT2D eigenvalue weighted by Gasteiger charge is 2.33. The fraction of sp³-hybridized carbons (Fsp3) is 0.185. The minimum Gasteiger partial charge on any atom is -0.355 e. The lowest BCUT2D eigenvalue weighted by molar-refractivity contribution is 0.453. The van der Waals surface area contributed by atoms with E-state index < -0.39 is 0 Å². The molecule has 0 aliphatic heterocycles. The van der Waals surface area contributed by atoms with Gasteiger partial charge < -0.3 is 4.98 Å². The van der Waals surface area contributed by atoms with Crippen LogP contribution in [-0.4, -0.2) is 4.98 Å². The van der Waals surface area contributed by atoms with Crippen molar-refractivity contribution < 1.29 is 0 Å². The number of hydrogen-bond donors (Lipinski definition) is 1. The number of fused-ring (bicyclic) bond motifs is 6. The molecule has 28 heavy (non-hydrogen) atoms. The van der Waals surface area contributed by atoms with Gasteiger partial charge in [-0.15, -0.1) is 0 Å². The molecule has 1 nitrogen and oxygen atoms in total. The first-order valence-corrected chi connectivity index (χ1v) is 10.1. The lowest BCUT2D eigenvalue weighted by Gasteiger charge is -2.32. The number of rotatable bonds is 1. The van der Waals surface area contributed by atoms with Gasteiger partial charge in [-0.05, 0) is 63.1 Å². The topological polar surface area (TPSA) is 15.8 Å². The van der Waals surface area contributed by atoms with Crippen LogP contribution in [0.25, 0.3) is 34.2 Å². The number of aromatic nitrogens is 1. The third-order valence-corrected chi connectivity index (χ3v) is 6.56. The Morgan fingerprint density at radius 2 is 1.68 bits per heavy atom. The van der Waals surface area contributed by atoms with Gasteiger partial charge in [0.15, 0.2) is 0 Å². The van der Waals surface area contributed by atoms with Crippen LogP contribution in [0.15, 0.2) is 66.7 Å². The lowest BCUT2D eigenvalue weighted by Crippen LogP contribution is -2.32. The molecule has 2 aliphatic rings. The van der Waals surface area contributed by atoms with E-state index >= 15 is 0 Å². The highest BCUT2D eigenvalue weighted by molar-refractivity contribution is 5.94. The van der Waals surface area contributed by atoms with Gasteiger partial charge >= 0.3 is 0 Å². The third kappa shape index (κ3) is 2.19. The van der Waals surface area contributed by atoms with E-state index in [1.807, 2.05) is 0 Å². The van der Waals surface area contributed by atoms with Gasteiger partial charge in [-0.3, -0.25) is 0 Å². The Morgan fingerprint density at radius 3 is 2.54 bits per heavy atom. The number of benzene rings is 3. The molecule has 0 amide bonds. The first-order chi connectivity index (χ1) is 13.6. The predicted octanol–water partition coefficient (Wildman–Crippen LogP) is 5.22. The van der Waals surface area contributed by atoms with Crippen LogP contribution >= 0.6 is 0 Å². The van der Waals surface area contributed by atoms with Crippen molar-refractivity contribution in [1.29, 1.82) is 0 Å². The van der Waals surface area contributed by atoms with E-state index in [4.69, 9.17) is 0 Å². The molecule has 1 unspecified atom stereocenters. The average molecular weight is 361 g/mol. The second-order valence-electron chi connectivity index (χ2n) is 8.90. The van der Waals surface area contributed by atoms with Crippen LogP contribution in [0.3, 0.4) is 0 Å². The summed E-state index contributed by atoms with van der Waals surface area (Å²) in [4.78, 5) is 3.75. The molecule has 1 heteroatoms. The van der Waals surface area contributed by atoms with Crippen molar-refractivity contribution in [3.05, 3.63) is 94.0 Å². The van der Waals surface area contributed by atoms with Gasteiger partial charge in [0.1, 0.15) is 0 Å².